The molecule has 138 valence electrons. The first kappa shape index (κ1) is 18.7. The van der Waals surface area contributed by atoms with Crippen molar-refractivity contribution in [2.45, 2.75) is 70.6 Å². The zero-order valence-corrected chi connectivity index (χ0v) is 16.1. The highest BCUT2D eigenvalue weighted by atomic mass is 14.4. The molecule has 0 aromatic rings. The predicted octanol–water partition coefficient (Wildman–Crippen LogP) is 7.50. The molecule has 0 radical (unpaired) electrons. The highest BCUT2D eigenvalue weighted by molar-refractivity contribution is 5.10. The molecule has 4 aliphatic rings. The Labute approximate surface area is 156 Å². The van der Waals surface area contributed by atoms with Crippen molar-refractivity contribution < 1.29 is 0 Å². The van der Waals surface area contributed by atoms with Crippen LogP contribution < -0.4 is 0 Å². The van der Waals surface area contributed by atoms with Crippen LogP contribution in [0.15, 0.2) is 49.6 Å². The molecule has 4 rings (SSSR count). The van der Waals surface area contributed by atoms with Crippen molar-refractivity contribution in [3.05, 3.63) is 49.6 Å². The molecule has 0 N–H and O–H groups in total. The number of hydrogen-bond acceptors (Lipinski definition) is 0. The van der Waals surface area contributed by atoms with Gasteiger partial charge in [0.25, 0.3) is 0 Å². The Hall–Kier alpha value is -1.04. The van der Waals surface area contributed by atoms with E-state index in [0.29, 0.717) is 0 Å². The van der Waals surface area contributed by atoms with Crippen LogP contribution in [0.25, 0.3) is 0 Å². The molecular formula is C25H38. The number of allylic oxidation sites excluding steroid dienone is 6. The summed E-state index contributed by atoms with van der Waals surface area (Å²) in [6.45, 7) is 7.52. The van der Waals surface area contributed by atoms with Gasteiger partial charge in [0.2, 0.25) is 0 Å². The lowest BCUT2D eigenvalue weighted by atomic mass is 9.89. The molecule has 0 spiro atoms. The van der Waals surface area contributed by atoms with E-state index in [1.807, 2.05) is 12.2 Å². The largest absolute Gasteiger partial charge is 0.103 e. The van der Waals surface area contributed by atoms with E-state index in [2.05, 4.69) is 37.5 Å². The lowest BCUT2D eigenvalue weighted by Gasteiger charge is -2.17. The van der Waals surface area contributed by atoms with Gasteiger partial charge in [0.15, 0.2) is 0 Å². The monoisotopic (exact) mass is 338 g/mol. The Bertz CT molecular complexity index is 482. The van der Waals surface area contributed by atoms with Crippen molar-refractivity contribution in [1.82, 2.24) is 0 Å². The van der Waals surface area contributed by atoms with Crippen LogP contribution in [0.1, 0.15) is 70.6 Å². The van der Waals surface area contributed by atoms with Gasteiger partial charge in [0.05, 0.1) is 0 Å². The normalized spacial score (nSPS) is 36.5. The topological polar surface area (TPSA) is 0 Å². The third-order valence-electron chi connectivity index (χ3n) is 7.05. The van der Waals surface area contributed by atoms with E-state index < -0.39 is 0 Å². The molecule has 0 aliphatic heterocycles. The summed E-state index contributed by atoms with van der Waals surface area (Å²) in [5.74, 6) is 5.84. The lowest BCUT2D eigenvalue weighted by Crippen LogP contribution is -2.06. The average Bonchev–Trinajstić information content (AvgIpc) is 3.40. The Balaban J connectivity index is 0.000000146. The fourth-order valence-corrected chi connectivity index (χ4v) is 5.67. The van der Waals surface area contributed by atoms with Crippen LogP contribution in [0.3, 0.4) is 0 Å². The van der Waals surface area contributed by atoms with Gasteiger partial charge in [-0.3, -0.25) is 0 Å². The number of rotatable bonds is 9. The Kier molecular flexibility index (Phi) is 7.20. The van der Waals surface area contributed by atoms with Crippen LogP contribution in [0, 0.1) is 35.5 Å². The summed E-state index contributed by atoms with van der Waals surface area (Å²) in [6, 6.07) is 0. The van der Waals surface area contributed by atoms with E-state index in [9.17, 15) is 0 Å². The van der Waals surface area contributed by atoms with Gasteiger partial charge in [-0.25, -0.2) is 0 Å². The quantitative estimate of drug-likeness (QED) is 0.301. The molecular weight excluding hydrogens is 300 g/mol. The van der Waals surface area contributed by atoms with Gasteiger partial charge in [-0.15, -0.1) is 13.2 Å². The van der Waals surface area contributed by atoms with Crippen LogP contribution in [0.4, 0.5) is 0 Å². The minimum Gasteiger partial charge on any atom is -0.103 e. The smallest absolute Gasteiger partial charge is 0.0199 e. The van der Waals surface area contributed by atoms with Gasteiger partial charge in [-0.05, 0) is 99.7 Å². The summed E-state index contributed by atoms with van der Waals surface area (Å²) < 4.78 is 0. The maximum atomic E-state index is 3.76. The van der Waals surface area contributed by atoms with E-state index in [1.165, 1.54) is 70.6 Å². The van der Waals surface area contributed by atoms with Crippen LogP contribution in [0.5, 0.6) is 0 Å². The Morgan fingerprint density at radius 3 is 1.60 bits per heavy atom. The van der Waals surface area contributed by atoms with Crippen molar-refractivity contribution in [1.29, 1.82) is 0 Å². The van der Waals surface area contributed by atoms with Crippen LogP contribution in [0.2, 0.25) is 0 Å². The summed E-state index contributed by atoms with van der Waals surface area (Å²) >= 11 is 0. The molecule has 25 heavy (non-hydrogen) atoms. The number of unbranched alkanes of at least 4 members (excludes halogenated alkanes) is 3. The molecule has 6 unspecified atom stereocenters. The number of fused-ring (bicyclic) bond motifs is 4. The molecule has 0 heterocycles. The summed E-state index contributed by atoms with van der Waals surface area (Å²) in [5.41, 5.74) is 0. The van der Waals surface area contributed by atoms with Crippen molar-refractivity contribution in [2.24, 2.45) is 35.5 Å². The van der Waals surface area contributed by atoms with E-state index in [1.54, 1.807) is 0 Å². The van der Waals surface area contributed by atoms with Gasteiger partial charge in [0.1, 0.15) is 0 Å². The summed E-state index contributed by atoms with van der Waals surface area (Å²) in [4.78, 5) is 0. The molecule has 6 atom stereocenters. The zero-order valence-electron chi connectivity index (χ0n) is 16.1. The summed E-state index contributed by atoms with van der Waals surface area (Å²) in [5, 5.41) is 0. The van der Waals surface area contributed by atoms with Gasteiger partial charge in [0, 0.05) is 0 Å². The highest BCUT2D eigenvalue weighted by Crippen LogP contribution is 2.46. The minimum absolute atomic E-state index is 0.944. The second kappa shape index (κ2) is 9.60. The van der Waals surface area contributed by atoms with Crippen molar-refractivity contribution >= 4 is 0 Å². The Morgan fingerprint density at radius 1 is 0.640 bits per heavy atom. The van der Waals surface area contributed by atoms with E-state index >= 15 is 0 Å². The molecule has 0 aromatic heterocycles. The van der Waals surface area contributed by atoms with Crippen LogP contribution in [-0.2, 0) is 0 Å². The predicted molar refractivity (Wildman–Crippen MR) is 110 cm³/mol. The van der Waals surface area contributed by atoms with Gasteiger partial charge < -0.3 is 0 Å². The molecule has 2 fully saturated rings. The zero-order chi connectivity index (χ0) is 17.5. The fraction of sp³-hybridized carbons (Fsp3) is 0.680. The molecule has 0 nitrogen and oxygen atoms in total. The third-order valence-corrected chi connectivity index (χ3v) is 7.05. The first-order valence-electron chi connectivity index (χ1n) is 10.9. The molecule has 0 saturated heterocycles. The van der Waals surface area contributed by atoms with Crippen LogP contribution >= 0.6 is 0 Å². The van der Waals surface area contributed by atoms with Crippen molar-refractivity contribution in [3.8, 4) is 0 Å². The van der Waals surface area contributed by atoms with Crippen molar-refractivity contribution in [3.63, 3.8) is 0 Å². The maximum Gasteiger partial charge on any atom is -0.0199 e. The fourth-order valence-electron chi connectivity index (χ4n) is 5.67. The summed E-state index contributed by atoms with van der Waals surface area (Å²) in [6.07, 6.45) is 29.1. The van der Waals surface area contributed by atoms with Gasteiger partial charge in [-0.2, -0.15) is 0 Å². The minimum atomic E-state index is 0.944. The van der Waals surface area contributed by atoms with E-state index in [-0.39, 0.29) is 0 Å². The number of hydrogen-bond donors (Lipinski definition) is 0. The first-order chi connectivity index (χ1) is 12.3. The molecule has 4 aliphatic carbocycles. The SMILES string of the molecule is C=CCCCC1CC2C=CC1C2.C=CCCCCC1CC2C=CC1C2. The molecule has 4 bridgehead atoms. The van der Waals surface area contributed by atoms with E-state index in [0.717, 1.165) is 35.5 Å². The lowest BCUT2D eigenvalue weighted by molar-refractivity contribution is 0.399. The second-order valence-electron chi connectivity index (χ2n) is 8.87. The van der Waals surface area contributed by atoms with Crippen LogP contribution in [-0.4, -0.2) is 0 Å². The third kappa shape index (κ3) is 5.22. The van der Waals surface area contributed by atoms with Gasteiger partial charge >= 0.3 is 0 Å². The van der Waals surface area contributed by atoms with Crippen molar-refractivity contribution in [2.75, 3.05) is 0 Å². The average molecular weight is 339 g/mol. The van der Waals surface area contributed by atoms with E-state index in [4.69, 9.17) is 0 Å². The maximum absolute atomic E-state index is 3.76. The highest BCUT2D eigenvalue weighted by Gasteiger charge is 2.35. The Morgan fingerprint density at radius 2 is 1.16 bits per heavy atom. The first-order valence-corrected chi connectivity index (χ1v) is 10.9. The molecule has 0 amide bonds. The molecule has 0 heteroatoms. The molecule has 2 saturated carbocycles. The summed E-state index contributed by atoms with van der Waals surface area (Å²) in [7, 11) is 0. The second-order valence-corrected chi connectivity index (χ2v) is 8.87. The molecule has 0 aromatic carbocycles. The van der Waals surface area contributed by atoms with Gasteiger partial charge in [-0.1, -0.05) is 42.9 Å². The standard InChI is InChI=1S/C13H20.C12H18/c1-2-3-4-5-6-12-9-11-7-8-13(12)10-11;1-2-3-4-5-11-8-10-6-7-12(11)9-10/h2,7-8,11-13H,1,3-6,9-10H2;2,6-7,10-12H,1,3-5,8-9H2.